The van der Waals surface area contributed by atoms with Gasteiger partial charge in [0.15, 0.2) is 5.78 Å². The molecule has 0 amide bonds. The van der Waals surface area contributed by atoms with E-state index in [0.29, 0.717) is 28.9 Å². The second kappa shape index (κ2) is 11.1. The van der Waals surface area contributed by atoms with E-state index in [1.165, 1.54) is 30.3 Å². The van der Waals surface area contributed by atoms with Gasteiger partial charge in [0.25, 0.3) is 0 Å². The van der Waals surface area contributed by atoms with Crippen LogP contribution in [0.3, 0.4) is 0 Å². The molecule has 9 heteroatoms. The number of carbonyl (C=O) groups is 3. The van der Waals surface area contributed by atoms with E-state index in [9.17, 15) is 29.4 Å². The molecule has 9 nitrogen and oxygen atoms in total. The first-order valence-corrected chi connectivity index (χ1v) is 14.2. The molecule has 226 valence electrons. The molecule has 5 aromatic rings. The fraction of sp³-hybridized carbons (Fsp3) is 0.167. The third-order valence-corrected chi connectivity index (χ3v) is 7.87. The number of carbonyl (C=O) groups excluding carboxylic acids is 3. The normalized spacial score (nSPS) is 14.9. The van der Waals surface area contributed by atoms with Gasteiger partial charge in [0, 0.05) is 35.1 Å². The van der Waals surface area contributed by atoms with Crippen molar-refractivity contribution < 1.29 is 38.5 Å². The summed E-state index contributed by atoms with van der Waals surface area (Å²) >= 11 is 0. The molecule has 2 N–H and O–H groups in total. The molecule has 0 fully saturated rings. The molecule has 2 heterocycles. The maximum absolute atomic E-state index is 12.4. The average Bonchev–Trinajstić information content (AvgIpc) is 3.43. The lowest BCUT2D eigenvalue weighted by atomic mass is 9.82. The molecular formula is C36H28O9. The van der Waals surface area contributed by atoms with Crippen LogP contribution in [0.1, 0.15) is 67.2 Å². The zero-order chi connectivity index (χ0) is 32.0. The summed E-state index contributed by atoms with van der Waals surface area (Å²) < 4.78 is 16.9. The number of phenols is 2. The van der Waals surface area contributed by atoms with Gasteiger partial charge in [0.05, 0.1) is 16.7 Å². The van der Waals surface area contributed by atoms with Crippen molar-refractivity contribution in [3.8, 4) is 17.2 Å². The van der Waals surface area contributed by atoms with Crippen LogP contribution in [0.25, 0.3) is 11.0 Å². The molecule has 7 rings (SSSR count). The molecule has 0 spiro atoms. The Bertz CT molecular complexity index is 2070. The Morgan fingerprint density at radius 2 is 1.56 bits per heavy atom. The highest BCUT2D eigenvalue weighted by Gasteiger charge is 2.40. The summed E-state index contributed by atoms with van der Waals surface area (Å²) in [6.45, 7) is 5.41. The van der Waals surface area contributed by atoms with Crippen LogP contribution in [0.15, 0.2) is 94.1 Å². The van der Waals surface area contributed by atoms with Gasteiger partial charge in [-0.2, -0.15) is 0 Å². The summed E-state index contributed by atoms with van der Waals surface area (Å²) in [5, 5.41) is 20.5. The number of ketones is 2. The molecule has 0 radical (unpaired) electrons. The molecule has 1 unspecified atom stereocenters. The maximum atomic E-state index is 12.4. The van der Waals surface area contributed by atoms with E-state index in [1.807, 2.05) is 26.0 Å². The van der Waals surface area contributed by atoms with Gasteiger partial charge in [-0.1, -0.05) is 30.3 Å². The topological polar surface area (TPSA) is 140 Å². The molecular weight excluding hydrogens is 576 g/mol. The van der Waals surface area contributed by atoms with Gasteiger partial charge in [0.1, 0.15) is 34.5 Å². The molecule has 0 bridgehead atoms. The second-order valence-corrected chi connectivity index (χ2v) is 11.5. The minimum atomic E-state index is -0.820. The number of benzene rings is 4. The van der Waals surface area contributed by atoms with E-state index < -0.39 is 17.0 Å². The van der Waals surface area contributed by atoms with Gasteiger partial charge >= 0.3 is 11.6 Å². The number of phenolic OH excluding ortho intramolecular Hbond substituents is 2. The van der Waals surface area contributed by atoms with Crippen molar-refractivity contribution in [1.82, 2.24) is 0 Å². The Labute approximate surface area is 257 Å². The van der Waals surface area contributed by atoms with Crippen molar-refractivity contribution in [3.63, 3.8) is 0 Å². The SMILES string of the molecule is CC(C)(OC(=O)c1ccccc1)C1Cc2cc3ccc(=O)oc3cc2O1.Cc1cc(O)c2c(c1)C(=O)c1cccc(O)c1C2=O. The van der Waals surface area contributed by atoms with Gasteiger partial charge in [-0.25, -0.2) is 9.59 Å². The van der Waals surface area contributed by atoms with E-state index in [2.05, 4.69) is 0 Å². The van der Waals surface area contributed by atoms with Gasteiger partial charge in [-0.15, -0.1) is 0 Å². The van der Waals surface area contributed by atoms with E-state index in [4.69, 9.17) is 13.9 Å². The lowest BCUT2D eigenvalue weighted by molar-refractivity contribution is -0.0517. The number of rotatable bonds is 3. The van der Waals surface area contributed by atoms with E-state index in [-0.39, 0.29) is 51.6 Å². The van der Waals surface area contributed by atoms with Crippen LogP contribution in [-0.2, 0) is 11.2 Å². The van der Waals surface area contributed by atoms with Crippen molar-refractivity contribution in [3.05, 3.63) is 134 Å². The smallest absolute Gasteiger partial charge is 0.338 e. The molecule has 1 aliphatic carbocycles. The predicted octanol–water partition coefficient (Wildman–Crippen LogP) is 5.91. The van der Waals surface area contributed by atoms with Crippen LogP contribution in [0.4, 0.5) is 0 Å². The van der Waals surface area contributed by atoms with Crippen LogP contribution < -0.4 is 10.4 Å². The summed E-state index contributed by atoms with van der Waals surface area (Å²) in [4.78, 5) is 48.5. The van der Waals surface area contributed by atoms with Crippen LogP contribution in [0.2, 0.25) is 0 Å². The largest absolute Gasteiger partial charge is 0.507 e. The molecule has 1 atom stereocenters. The number of hydrogen-bond acceptors (Lipinski definition) is 9. The van der Waals surface area contributed by atoms with Gasteiger partial charge in [-0.05, 0) is 74.4 Å². The van der Waals surface area contributed by atoms with Gasteiger partial charge < -0.3 is 24.1 Å². The number of esters is 1. The standard InChI is InChI=1S/C21H18O5.C15H10O4/c1-21(2,26-20(23)13-6-4-3-5-7-13)18-11-15-10-14-8-9-19(22)25-16(14)12-17(15)24-18;1-7-5-9-13(11(17)6-7)15(19)12-8(14(9)18)3-2-4-10(12)16/h3-10,12,18H,11H2,1-2H3;2-6,16-17H,1H3. The summed E-state index contributed by atoms with van der Waals surface area (Å²) in [5.41, 5.74) is 1.73. The minimum absolute atomic E-state index is 0.0374. The quantitative estimate of drug-likeness (QED) is 0.186. The molecule has 1 aliphatic heterocycles. The Hall–Kier alpha value is -5.70. The first kappa shape index (κ1) is 29.4. The molecule has 2 aliphatic rings. The number of aromatic hydroxyl groups is 2. The third kappa shape index (κ3) is 5.44. The van der Waals surface area contributed by atoms with E-state index >= 15 is 0 Å². The summed E-state index contributed by atoms with van der Waals surface area (Å²) in [7, 11) is 0. The Morgan fingerprint density at radius 1 is 0.822 bits per heavy atom. The Morgan fingerprint density at radius 3 is 2.31 bits per heavy atom. The van der Waals surface area contributed by atoms with Crippen molar-refractivity contribution in [2.45, 2.75) is 38.9 Å². The molecule has 4 aromatic carbocycles. The van der Waals surface area contributed by atoms with Crippen LogP contribution in [0.5, 0.6) is 17.2 Å². The number of fused-ring (bicyclic) bond motifs is 4. The second-order valence-electron chi connectivity index (χ2n) is 11.5. The lowest BCUT2D eigenvalue weighted by Crippen LogP contribution is -2.43. The monoisotopic (exact) mass is 604 g/mol. The van der Waals surface area contributed by atoms with Gasteiger partial charge in [0.2, 0.25) is 5.78 Å². The number of aryl methyl sites for hydroxylation is 1. The highest BCUT2D eigenvalue weighted by molar-refractivity contribution is 6.30. The molecule has 1 aromatic heterocycles. The molecule has 0 saturated heterocycles. The zero-order valence-electron chi connectivity index (χ0n) is 24.6. The zero-order valence-corrected chi connectivity index (χ0v) is 24.6. The molecule has 0 saturated carbocycles. The van der Waals surface area contributed by atoms with Crippen molar-refractivity contribution in [2.24, 2.45) is 0 Å². The number of ether oxygens (including phenoxy) is 2. The minimum Gasteiger partial charge on any atom is -0.507 e. The fourth-order valence-electron chi connectivity index (χ4n) is 5.56. The van der Waals surface area contributed by atoms with Crippen molar-refractivity contribution in [1.29, 1.82) is 0 Å². The Kier molecular flexibility index (Phi) is 7.24. The molecule has 45 heavy (non-hydrogen) atoms. The van der Waals surface area contributed by atoms with Crippen molar-refractivity contribution in [2.75, 3.05) is 0 Å². The first-order valence-electron chi connectivity index (χ1n) is 14.2. The summed E-state index contributed by atoms with van der Waals surface area (Å²) in [5.74, 6) is -1.10. The fourth-order valence-corrected chi connectivity index (χ4v) is 5.56. The maximum Gasteiger partial charge on any atom is 0.338 e. The van der Waals surface area contributed by atoms with Crippen LogP contribution >= 0.6 is 0 Å². The summed E-state index contributed by atoms with van der Waals surface area (Å²) in [6, 6.07) is 23.0. The highest BCUT2D eigenvalue weighted by atomic mass is 16.6. The predicted molar refractivity (Wildman–Crippen MR) is 164 cm³/mol. The van der Waals surface area contributed by atoms with E-state index in [1.54, 1.807) is 49.4 Å². The third-order valence-electron chi connectivity index (χ3n) is 7.87. The lowest BCUT2D eigenvalue weighted by Gasteiger charge is -2.30. The number of hydrogen-bond donors (Lipinski definition) is 2. The van der Waals surface area contributed by atoms with E-state index in [0.717, 1.165) is 10.9 Å². The Balaban J connectivity index is 0.000000167. The highest BCUT2D eigenvalue weighted by Crippen LogP contribution is 2.38. The first-order chi connectivity index (χ1) is 21.4. The van der Waals surface area contributed by atoms with Crippen molar-refractivity contribution >= 4 is 28.5 Å². The van der Waals surface area contributed by atoms with Crippen LogP contribution in [-0.4, -0.2) is 39.5 Å². The van der Waals surface area contributed by atoms with Crippen LogP contribution in [0, 0.1) is 6.92 Å². The van der Waals surface area contributed by atoms with Gasteiger partial charge in [-0.3, -0.25) is 9.59 Å². The average molecular weight is 605 g/mol. The summed E-state index contributed by atoms with van der Waals surface area (Å²) in [6.07, 6.45) is 0.285.